The number of benzene rings is 1. The van der Waals surface area contributed by atoms with E-state index in [0.717, 1.165) is 31.4 Å². The SMILES string of the molecule is CN(CC1CCCCC1O)C(=O)Nc1cnn(-c2ccccc2)c1. The molecular weight excluding hydrogens is 304 g/mol. The molecule has 0 bridgehead atoms. The molecule has 6 nitrogen and oxygen atoms in total. The average molecular weight is 328 g/mol. The number of para-hydroxylation sites is 1. The Labute approximate surface area is 142 Å². The van der Waals surface area contributed by atoms with E-state index in [0.29, 0.717) is 12.2 Å². The van der Waals surface area contributed by atoms with Crippen molar-refractivity contribution in [1.29, 1.82) is 0 Å². The number of urea groups is 1. The van der Waals surface area contributed by atoms with Crippen molar-refractivity contribution in [3.05, 3.63) is 42.7 Å². The molecule has 2 unspecified atom stereocenters. The first-order chi connectivity index (χ1) is 11.6. The van der Waals surface area contributed by atoms with Crippen LogP contribution < -0.4 is 5.32 Å². The highest BCUT2D eigenvalue weighted by Gasteiger charge is 2.25. The van der Waals surface area contributed by atoms with Gasteiger partial charge in [0, 0.05) is 19.5 Å². The van der Waals surface area contributed by atoms with Gasteiger partial charge < -0.3 is 15.3 Å². The third kappa shape index (κ3) is 3.94. The monoisotopic (exact) mass is 328 g/mol. The number of aliphatic hydroxyl groups excluding tert-OH is 1. The summed E-state index contributed by atoms with van der Waals surface area (Å²) in [6.45, 7) is 0.569. The molecular formula is C18H24N4O2. The van der Waals surface area contributed by atoms with Gasteiger partial charge in [0.25, 0.3) is 0 Å². The Morgan fingerprint density at radius 1 is 1.33 bits per heavy atom. The van der Waals surface area contributed by atoms with Crippen LogP contribution in [0.4, 0.5) is 10.5 Å². The van der Waals surface area contributed by atoms with Crippen molar-refractivity contribution in [2.24, 2.45) is 5.92 Å². The summed E-state index contributed by atoms with van der Waals surface area (Å²) >= 11 is 0. The van der Waals surface area contributed by atoms with E-state index in [9.17, 15) is 9.90 Å². The molecule has 1 aromatic carbocycles. The van der Waals surface area contributed by atoms with Crippen LogP contribution in [0, 0.1) is 5.92 Å². The minimum atomic E-state index is -0.296. The highest BCUT2D eigenvalue weighted by molar-refractivity contribution is 5.88. The summed E-state index contributed by atoms with van der Waals surface area (Å²) in [5.74, 6) is 0.168. The van der Waals surface area contributed by atoms with Crippen molar-refractivity contribution in [3.63, 3.8) is 0 Å². The molecule has 0 saturated heterocycles. The molecule has 128 valence electrons. The number of aliphatic hydroxyl groups is 1. The van der Waals surface area contributed by atoms with Crippen LogP contribution in [0.25, 0.3) is 5.69 Å². The van der Waals surface area contributed by atoms with Crippen LogP contribution in [0.1, 0.15) is 25.7 Å². The molecule has 24 heavy (non-hydrogen) atoms. The summed E-state index contributed by atoms with van der Waals surface area (Å²) in [5.41, 5.74) is 1.59. The van der Waals surface area contributed by atoms with Gasteiger partial charge >= 0.3 is 6.03 Å². The van der Waals surface area contributed by atoms with Crippen molar-refractivity contribution in [3.8, 4) is 5.69 Å². The second kappa shape index (κ2) is 7.49. The van der Waals surface area contributed by atoms with Gasteiger partial charge in [-0.25, -0.2) is 9.48 Å². The van der Waals surface area contributed by atoms with Crippen LogP contribution in [0.2, 0.25) is 0 Å². The Kier molecular flexibility index (Phi) is 5.15. The molecule has 2 atom stereocenters. The summed E-state index contributed by atoms with van der Waals surface area (Å²) in [7, 11) is 1.76. The molecule has 0 spiro atoms. The van der Waals surface area contributed by atoms with Gasteiger partial charge in [0.05, 0.1) is 29.9 Å². The normalized spacial score (nSPS) is 20.6. The Morgan fingerprint density at radius 3 is 2.83 bits per heavy atom. The maximum Gasteiger partial charge on any atom is 0.321 e. The minimum Gasteiger partial charge on any atom is -0.393 e. The van der Waals surface area contributed by atoms with Crippen molar-refractivity contribution in [2.75, 3.05) is 18.9 Å². The van der Waals surface area contributed by atoms with Crippen LogP contribution in [-0.2, 0) is 0 Å². The molecule has 2 amide bonds. The van der Waals surface area contributed by atoms with Gasteiger partial charge in [0.1, 0.15) is 0 Å². The van der Waals surface area contributed by atoms with Crippen LogP contribution in [0.15, 0.2) is 42.7 Å². The fourth-order valence-corrected chi connectivity index (χ4v) is 3.16. The van der Waals surface area contributed by atoms with E-state index in [2.05, 4.69) is 10.4 Å². The Bertz CT molecular complexity index is 671. The lowest BCUT2D eigenvalue weighted by Gasteiger charge is -2.31. The van der Waals surface area contributed by atoms with E-state index in [4.69, 9.17) is 0 Å². The molecule has 3 rings (SSSR count). The zero-order valence-corrected chi connectivity index (χ0v) is 13.9. The van der Waals surface area contributed by atoms with Gasteiger partial charge in [-0.2, -0.15) is 5.10 Å². The minimum absolute atomic E-state index is 0.168. The van der Waals surface area contributed by atoms with Crippen molar-refractivity contribution in [1.82, 2.24) is 14.7 Å². The molecule has 1 aromatic heterocycles. The van der Waals surface area contributed by atoms with Gasteiger partial charge in [-0.05, 0) is 25.0 Å². The third-order valence-corrected chi connectivity index (χ3v) is 4.58. The highest BCUT2D eigenvalue weighted by Crippen LogP contribution is 2.25. The molecule has 1 fully saturated rings. The number of nitrogens with zero attached hydrogens (tertiary/aromatic N) is 3. The van der Waals surface area contributed by atoms with Crippen molar-refractivity contribution in [2.45, 2.75) is 31.8 Å². The van der Waals surface area contributed by atoms with Gasteiger partial charge in [0.15, 0.2) is 0 Å². The summed E-state index contributed by atoms with van der Waals surface area (Å²) in [6.07, 6.45) is 7.14. The number of carbonyl (C=O) groups is 1. The van der Waals surface area contributed by atoms with Gasteiger partial charge in [-0.1, -0.05) is 31.0 Å². The Morgan fingerprint density at radius 2 is 2.08 bits per heavy atom. The molecule has 6 heteroatoms. The summed E-state index contributed by atoms with van der Waals surface area (Å²) < 4.78 is 1.72. The molecule has 1 aliphatic carbocycles. The second-order valence-electron chi connectivity index (χ2n) is 6.43. The Hall–Kier alpha value is -2.34. The van der Waals surface area contributed by atoms with Crippen LogP contribution in [-0.4, -0.2) is 45.5 Å². The zero-order valence-electron chi connectivity index (χ0n) is 13.9. The van der Waals surface area contributed by atoms with Crippen molar-refractivity contribution >= 4 is 11.7 Å². The number of anilines is 1. The zero-order chi connectivity index (χ0) is 16.9. The number of carbonyl (C=O) groups excluding carboxylic acids is 1. The van der Waals surface area contributed by atoms with Crippen LogP contribution in [0.5, 0.6) is 0 Å². The highest BCUT2D eigenvalue weighted by atomic mass is 16.3. The number of nitrogens with one attached hydrogen (secondary N) is 1. The maximum atomic E-state index is 12.3. The number of rotatable bonds is 4. The lowest BCUT2D eigenvalue weighted by molar-refractivity contribution is 0.0575. The van der Waals surface area contributed by atoms with Gasteiger partial charge in [0.2, 0.25) is 0 Å². The standard InChI is InChI=1S/C18H24N4O2/c1-21(12-14-7-5-6-10-17(14)23)18(24)20-15-11-19-22(13-15)16-8-3-2-4-9-16/h2-4,8-9,11,13-14,17,23H,5-7,10,12H2,1H3,(H,20,24). The fraction of sp³-hybridized carbons (Fsp3) is 0.444. The average Bonchev–Trinajstić information content (AvgIpc) is 3.06. The predicted octanol–water partition coefficient (Wildman–Crippen LogP) is 2.89. The largest absolute Gasteiger partial charge is 0.393 e. The number of aromatic nitrogens is 2. The van der Waals surface area contributed by atoms with E-state index >= 15 is 0 Å². The number of hydrogen-bond donors (Lipinski definition) is 2. The van der Waals surface area contributed by atoms with E-state index in [1.165, 1.54) is 0 Å². The lowest BCUT2D eigenvalue weighted by Crippen LogP contribution is -2.39. The van der Waals surface area contributed by atoms with E-state index in [1.54, 1.807) is 29.0 Å². The number of amides is 2. The van der Waals surface area contributed by atoms with Crippen molar-refractivity contribution < 1.29 is 9.90 Å². The first-order valence-corrected chi connectivity index (χ1v) is 8.44. The molecule has 2 aromatic rings. The smallest absolute Gasteiger partial charge is 0.321 e. The fourth-order valence-electron chi connectivity index (χ4n) is 3.16. The summed E-state index contributed by atoms with van der Waals surface area (Å²) in [6, 6.07) is 9.56. The third-order valence-electron chi connectivity index (χ3n) is 4.58. The molecule has 1 saturated carbocycles. The Balaban J connectivity index is 1.57. The second-order valence-corrected chi connectivity index (χ2v) is 6.43. The van der Waals surface area contributed by atoms with Gasteiger partial charge in [-0.3, -0.25) is 0 Å². The molecule has 0 aliphatic heterocycles. The number of hydrogen-bond acceptors (Lipinski definition) is 3. The summed E-state index contributed by atoms with van der Waals surface area (Å²) in [5, 5.41) is 17.2. The van der Waals surface area contributed by atoms with E-state index in [1.807, 2.05) is 30.3 Å². The summed E-state index contributed by atoms with van der Waals surface area (Å²) in [4.78, 5) is 14.0. The molecule has 1 aliphatic rings. The first kappa shape index (κ1) is 16.5. The molecule has 1 heterocycles. The first-order valence-electron chi connectivity index (χ1n) is 8.44. The quantitative estimate of drug-likeness (QED) is 0.906. The topological polar surface area (TPSA) is 70.4 Å². The predicted molar refractivity (Wildman–Crippen MR) is 93.2 cm³/mol. The van der Waals surface area contributed by atoms with Crippen LogP contribution >= 0.6 is 0 Å². The van der Waals surface area contributed by atoms with Crippen LogP contribution in [0.3, 0.4) is 0 Å². The van der Waals surface area contributed by atoms with E-state index in [-0.39, 0.29) is 18.1 Å². The lowest BCUT2D eigenvalue weighted by atomic mass is 9.86. The molecule has 2 N–H and O–H groups in total. The molecule has 0 radical (unpaired) electrons. The van der Waals surface area contributed by atoms with E-state index < -0.39 is 0 Å². The van der Waals surface area contributed by atoms with Gasteiger partial charge in [-0.15, -0.1) is 0 Å². The maximum absolute atomic E-state index is 12.3.